The van der Waals surface area contributed by atoms with Crippen molar-refractivity contribution in [1.29, 1.82) is 0 Å². The normalized spacial score (nSPS) is 10.1. The summed E-state index contributed by atoms with van der Waals surface area (Å²) >= 11 is 1.12. The van der Waals surface area contributed by atoms with E-state index < -0.39 is 4.92 Å². The molecular weight excluding hydrogens is 216 g/mol. The number of hydrogen-bond donors (Lipinski definition) is 1. The van der Waals surface area contributed by atoms with Crippen LogP contribution in [-0.4, -0.2) is 15.1 Å². The monoisotopic (exact) mass is 222 g/mol. The lowest BCUT2D eigenvalue weighted by molar-refractivity contribution is -0.384. The van der Waals surface area contributed by atoms with Crippen molar-refractivity contribution in [2.45, 2.75) is 0 Å². The number of benzene rings is 1. The SMILES string of the molecule is Nc1nnc(-c2ccccc2[N+](=O)[O-])s1. The van der Waals surface area contributed by atoms with Crippen LogP contribution in [0, 0.1) is 10.1 Å². The van der Waals surface area contributed by atoms with E-state index in [0.29, 0.717) is 15.7 Å². The average molecular weight is 222 g/mol. The molecule has 7 heteroatoms. The molecule has 2 aromatic rings. The fourth-order valence-corrected chi connectivity index (χ4v) is 1.80. The van der Waals surface area contributed by atoms with Gasteiger partial charge < -0.3 is 5.73 Å². The molecule has 1 aromatic carbocycles. The molecule has 0 amide bonds. The molecule has 6 nitrogen and oxygen atoms in total. The molecule has 76 valence electrons. The molecule has 1 aromatic heterocycles. The zero-order valence-electron chi connectivity index (χ0n) is 7.45. The highest BCUT2D eigenvalue weighted by molar-refractivity contribution is 7.18. The van der Waals surface area contributed by atoms with E-state index in [0.717, 1.165) is 11.3 Å². The number of aromatic nitrogens is 2. The predicted octanol–water partition coefficient (Wildman–Crippen LogP) is 1.70. The quantitative estimate of drug-likeness (QED) is 0.616. The fraction of sp³-hybridized carbons (Fsp3) is 0. The molecule has 0 saturated heterocycles. The Morgan fingerprint density at radius 1 is 1.33 bits per heavy atom. The summed E-state index contributed by atoms with van der Waals surface area (Å²) in [5.41, 5.74) is 5.87. The summed E-state index contributed by atoms with van der Waals surface area (Å²) in [5, 5.41) is 18.9. The molecule has 0 fully saturated rings. The van der Waals surface area contributed by atoms with Crippen molar-refractivity contribution in [3.8, 4) is 10.6 Å². The lowest BCUT2D eigenvalue weighted by Crippen LogP contribution is -1.90. The van der Waals surface area contributed by atoms with Crippen molar-refractivity contribution in [3.05, 3.63) is 34.4 Å². The Morgan fingerprint density at radius 3 is 2.67 bits per heavy atom. The summed E-state index contributed by atoms with van der Waals surface area (Å²) in [6.07, 6.45) is 0. The van der Waals surface area contributed by atoms with E-state index in [-0.39, 0.29) is 5.69 Å². The van der Waals surface area contributed by atoms with Gasteiger partial charge in [0.15, 0.2) is 5.01 Å². The highest BCUT2D eigenvalue weighted by Crippen LogP contribution is 2.31. The smallest absolute Gasteiger partial charge is 0.279 e. The van der Waals surface area contributed by atoms with E-state index in [1.807, 2.05) is 0 Å². The van der Waals surface area contributed by atoms with Crippen LogP contribution in [0.15, 0.2) is 24.3 Å². The number of para-hydroxylation sites is 1. The first-order chi connectivity index (χ1) is 7.18. The Kier molecular flexibility index (Phi) is 2.30. The van der Waals surface area contributed by atoms with Crippen molar-refractivity contribution < 1.29 is 4.92 Å². The number of hydrogen-bond acceptors (Lipinski definition) is 6. The molecule has 1 heterocycles. The van der Waals surface area contributed by atoms with Crippen LogP contribution < -0.4 is 5.73 Å². The van der Waals surface area contributed by atoms with Crippen LogP contribution in [0.5, 0.6) is 0 Å². The van der Waals surface area contributed by atoms with Crippen molar-refractivity contribution in [2.75, 3.05) is 5.73 Å². The van der Waals surface area contributed by atoms with Crippen LogP contribution >= 0.6 is 11.3 Å². The van der Waals surface area contributed by atoms with Gasteiger partial charge in [0, 0.05) is 6.07 Å². The van der Waals surface area contributed by atoms with Crippen molar-refractivity contribution in [2.24, 2.45) is 0 Å². The molecule has 2 N–H and O–H groups in total. The van der Waals surface area contributed by atoms with Gasteiger partial charge in [0.25, 0.3) is 5.69 Å². The van der Waals surface area contributed by atoms with Crippen LogP contribution in [-0.2, 0) is 0 Å². The summed E-state index contributed by atoms with van der Waals surface area (Å²) in [6, 6.07) is 6.36. The Hall–Kier alpha value is -2.02. The highest BCUT2D eigenvalue weighted by Gasteiger charge is 2.17. The third-order valence-corrected chi connectivity index (χ3v) is 2.56. The van der Waals surface area contributed by atoms with E-state index >= 15 is 0 Å². The maximum Gasteiger partial charge on any atom is 0.279 e. The highest BCUT2D eigenvalue weighted by atomic mass is 32.1. The lowest BCUT2D eigenvalue weighted by atomic mass is 10.2. The minimum absolute atomic E-state index is 0.00801. The van der Waals surface area contributed by atoms with Crippen LogP contribution in [0.4, 0.5) is 10.8 Å². The van der Waals surface area contributed by atoms with Gasteiger partial charge in [-0.25, -0.2) is 0 Å². The summed E-state index contributed by atoms with van der Waals surface area (Å²) in [6.45, 7) is 0. The van der Waals surface area contributed by atoms with Crippen molar-refractivity contribution in [1.82, 2.24) is 10.2 Å². The average Bonchev–Trinajstić information content (AvgIpc) is 2.65. The lowest BCUT2D eigenvalue weighted by Gasteiger charge is -1.96. The number of nitro benzene ring substituents is 1. The molecule has 0 radical (unpaired) electrons. The van der Waals surface area contributed by atoms with Gasteiger partial charge in [-0.3, -0.25) is 10.1 Å². The summed E-state index contributed by atoms with van der Waals surface area (Å²) < 4.78 is 0. The zero-order chi connectivity index (χ0) is 10.8. The van der Waals surface area contributed by atoms with Crippen molar-refractivity contribution in [3.63, 3.8) is 0 Å². The molecule has 0 aliphatic heterocycles. The van der Waals surface area contributed by atoms with E-state index in [9.17, 15) is 10.1 Å². The topological polar surface area (TPSA) is 94.9 Å². The van der Waals surface area contributed by atoms with E-state index in [2.05, 4.69) is 10.2 Å². The molecule has 0 saturated carbocycles. The molecule has 0 spiro atoms. The second-order valence-corrected chi connectivity index (χ2v) is 3.73. The van der Waals surface area contributed by atoms with Gasteiger partial charge in [-0.2, -0.15) is 0 Å². The Balaban J connectivity index is 2.57. The molecule has 0 bridgehead atoms. The number of nitrogens with zero attached hydrogens (tertiary/aromatic N) is 3. The number of nitro groups is 1. The van der Waals surface area contributed by atoms with E-state index in [1.54, 1.807) is 18.2 Å². The minimum atomic E-state index is -0.451. The minimum Gasteiger partial charge on any atom is -0.374 e. The van der Waals surface area contributed by atoms with Crippen molar-refractivity contribution >= 4 is 22.2 Å². The van der Waals surface area contributed by atoms with Gasteiger partial charge in [-0.05, 0) is 6.07 Å². The van der Waals surface area contributed by atoms with E-state index in [1.165, 1.54) is 6.07 Å². The van der Waals surface area contributed by atoms with Gasteiger partial charge in [-0.1, -0.05) is 23.5 Å². The molecule has 2 rings (SSSR count). The Morgan fingerprint density at radius 2 is 2.07 bits per heavy atom. The second kappa shape index (κ2) is 3.62. The van der Waals surface area contributed by atoms with Gasteiger partial charge >= 0.3 is 0 Å². The number of rotatable bonds is 2. The third-order valence-electron chi connectivity index (χ3n) is 1.77. The second-order valence-electron chi connectivity index (χ2n) is 2.72. The Labute approximate surface area is 88.5 Å². The molecule has 0 aliphatic carbocycles. The zero-order valence-corrected chi connectivity index (χ0v) is 8.27. The van der Waals surface area contributed by atoms with Gasteiger partial charge in [0.05, 0.1) is 10.5 Å². The molecule has 0 aliphatic rings. The fourth-order valence-electron chi connectivity index (χ4n) is 1.16. The summed E-state index contributed by atoms with van der Waals surface area (Å²) in [5.74, 6) is 0. The molecule has 15 heavy (non-hydrogen) atoms. The van der Waals surface area contributed by atoms with E-state index in [4.69, 9.17) is 5.73 Å². The first-order valence-electron chi connectivity index (χ1n) is 4.01. The number of anilines is 1. The van der Waals surface area contributed by atoms with Crippen LogP contribution in [0.1, 0.15) is 0 Å². The number of nitrogens with two attached hydrogens (primary N) is 1. The molecule has 0 unspecified atom stereocenters. The summed E-state index contributed by atoms with van der Waals surface area (Å²) in [7, 11) is 0. The van der Waals surface area contributed by atoms with Crippen LogP contribution in [0.2, 0.25) is 0 Å². The number of nitrogen functional groups attached to an aromatic ring is 1. The van der Waals surface area contributed by atoms with Crippen LogP contribution in [0.25, 0.3) is 10.6 Å². The predicted molar refractivity (Wildman–Crippen MR) is 56.4 cm³/mol. The maximum atomic E-state index is 10.7. The molecule has 0 atom stereocenters. The van der Waals surface area contributed by atoms with Gasteiger partial charge in [0.1, 0.15) is 0 Å². The largest absolute Gasteiger partial charge is 0.374 e. The van der Waals surface area contributed by atoms with Crippen LogP contribution in [0.3, 0.4) is 0 Å². The third kappa shape index (κ3) is 1.77. The van der Waals surface area contributed by atoms with Gasteiger partial charge in [0.2, 0.25) is 5.13 Å². The van der Waals surface area contributed by atoms with Gasteiger partial charge in [-0.15, -0.1) is 10.2 Å². The molecular formula is C8H6N4O2S. The standard InChI is InChI=1S/C8H6N4O2S/c9-8-11-10-7(15-8)5-3-1-2-4-6(5)12(13)14/h1-4H,(H2,9,11). The Bertz CT molecular complexity index is 511. The summed E-state index contributed by atoms with van der Waals surface area (Å²) in [4.78, 5) is 10.3. The first-order valence-corrected chi connectivity index (χ1v) is 4.83. The maximum absolute atomic E-state index is 10.7. The first kappa shape index (κ1) is 9.53.